The molecule has 0 atom stereocenters. The van der Waals surface area contributed by atoms with Crippen molar-refractivity contribution in [1.82, 2.24) is 9.55 Å². The van der Waals surface area contributed by atoms with Gasteiger partial charge in [-0.15, -0.1) is 0 Å². The number of halogens is 1. The van der Waals surface area contributed by atoms with Gasteiger partial charge in [-0.05, 0) is 30.3 Å². The van der Waals surface area contributed by atoms with E-state index in [1.807, 2.05) is 31.3 Å². The monoisotopic (exact) mass is 343 g/mol. The van der Waals surface area contributed by atoms with E-state index in [0.717, 1.165) is 44.9 Å². The zero-order valence-corrected chi connectivity index (χ0v) is 13.1. The van der Waals surface area contributed by atoms with E-state index >= 15 is 0 Å². The molecule has 106 valence electrons. The lowest BCUT2D eigenvalue weighted by atomic mass is 10.1. The molecule has 0 saturated carbocycles. The number of rotatable bonds is 1. The Bertz CT molecular complexity index is 841. The van der Waals surface area contributed by atoms with Crippen LogP contribution in [0.1, 0.15) is 0 Å². The van der Waals surface area contributed by atoms with Crippen LogP contribution in [0.5, 0.6) is 5.75 Å². The Labute approximate surface area is 130 Å². The molecule has 0 radical (unpaired) electrons. The van der Waals surface area contributed by atoms with Gasteiger partial charge >= 0.3 is 0 Å². The molecule has 4 nitrogen and oxygen atoms in total. The first-order valence-corrected chi connectivity index (χ1v) is 7.65. The minimum absolute atomic E-state index is 0.680. The molecule has 1 N–H and O–H groups in total. The number of ether oxygens (including phenoxy) is 1. The van der Waals surface area contributed by atoms with Crippen LogP contribution < -0.4 is 10.1 Å². The number of aryl methyl sites for hydroxylation is 1. The first-order chi connectivity index (χ1) is 10.2. The Morgan fingerprint density at radius 1 is 1.29 bits per heavy atom. The molecule has 0 bridgehead atoms. The fourth-order valence-electron chi connectivity index (χ4n) is 2.76. The predicted molar refractivity (Wildman–Crippen MR) is 87.8 cm³/mol. The van der Waals surface area contributed by atoms with Crippen LogP contribution in [0.25, 0.3) is 22.4 Å². The fraction of sp³-hybridized carbons (Fsp3) is 0.188. The van der Waals surface area contributed by atoms with Crippen LogP contribution in [0, 0.1) is 0 Å². The van der Waals surface area contributed by atoms with E-state index in [9.17, 15) is 0 Å². The Morgan fingerprint density at radius 2 is 2.19 bits per heavy atom. The van der Waals surface area contributed by atoms with Gasteiger partial charge in [-0.3, -0.25) is 0 Å². The maximum absolute atomic E-state index is 5.86. The number of imidazole rings is 1. The molecule has 1 aliphatic heterocycles. The zero-order valence-electron chi connectivity index (χ0n) is 11.6. The summed E-state index contributed by atoms with van der Waals surface area (Å²) in [5.74, 6) is 1.81. The highest BCUT2D eigenvalue weighted by Gasteiger charge is 2.19. The maximum atomic E-state index is 5.86. The number of aromatic nitrogens is 2. The third-order valence-electron chi connectivity index (χ3n) is 3.76. The first-order valence-electron chi connectivity index (χ1n) is 6.86. The molecule has 0 fully saturated rings. The summed E-state index contributed by atoms with van der Waals surface area (Å²) in [5.41, 5.74) is 4.14. The number of hydrogen-bond acceptors (Lipinski definition) is 3. The standard InChI is InChI=1S/C16H14BrN3O/c1-20-14-6-5-10(17)9-13(14)19-16(20)11-3-2-4-12-15(11)21-8-7-18-12/h2-6,9,18H,7-8H2,1H3. The van der Waals surface area contributed by atoms with Gasteiger partial charge in [0.25, 0.3) is 0 Å². The summed E-state index contributed by atoms with van der Waals surface area (Å²) in [4.78, 5) is 4.78. The number of hydrogen-bond donors (Lipinski definition) is 1. The molecule has 1 aromatic heterocycles. The van der Waals surface area contributed by atoms with Gasteiger partial charge in [0.2, 0.25) is 0 Å². The largest absolute Gasteiger partial charge is 0.489 e. The van der Waals surface area contributed by atoms with E-state index in [1.54, 1.807) is 0 Å². The number of benzene rings is 2. The molecular weight excluding hydrogens is 330 g/mol. The van der Waals surface area contributed by atoms with Crippen molar-refractivity contribution in [2.45, 2.75) is 0 Å². The summed E-state index contributed by atoms with van der Waals surface area (Å²) in [5, 5.41) is 3.37. The topological polar surface area (TPSA) is 39.1 Å². The molecular formula is C16H14BrN3O. The summed E-state index contributed by atoms with van der Waals surface area (Å²) in [6.45, 7) is 1.52. The minimum Gasteiger partial charge on any atom is -0.489 e. The normalized spacial score (nSPS) is 13.6. The third kappa shape index (κ3) is 2.00. The van der Waals surface area contributed by atoms with E-state index in [-0.39, 0.29) is 0 Å². The number of nitrogens with one attached hydrogen (secondary N) is 1. The molecule has 0 amide bonds. The highest BCUT2D eigenvalue weighted by molar-refractivity contribution is 9.10. The molecule has 3 aromatic rings. The predicted octanol–water partition coefficient (Wildman–Crippen LogP) is 3.81. The van der Waals surface area contributed by atoms with Crippen molar-refractivity contribution in [2.75, 3.05) is 18.5 Å². The van der Waals surface area contributed by atoms with Crippen LogP contribution in [0.4, 0.5) is 5.69 Å². The number of anilines is 1. The van der Waals surface area contributed by atoms with E-state index in [2.05, 4.69) is 37.9 Å². The second-order valence-electron chi connectivity index (χ2n) is 5.08. The molecule has 0 unspecified atom stereocenters. The van der Waals surface area contributed by atoms with Crippen LogP contribution >= 0.6 is 15.9 Å². The first kappa shape index (κ1) is 12.7. The summed E-state index contributed by atoms with van der Waals surface area (Å²) >= 11 is 3.50. The Hall–Kier alpha value is -2.01. The number of fused-ring (bicyclic) bond motifs is 2. The van der Waals surface area contributed by atoms with Crippen molar-refractivity contribution in [3.63, 3.8) is 0 Å². The van der Waals surface area contributed by atoms with Crippen LogP contribution in [-0.4, -0.2) is 22.7 Å². The molecule has 0 saturated heterocycles. The second-order valence-corrected chi connectivity index (χ2v) is 6.00. The zero-order chi connectivity index (χ0) is 14.4. The quantitative estimate of drug-likeness (QED) is 0.730. The SMILES string of the molecule is Cn1c(-c2cccc3c2OCCN3)nc2cc(Br)ccc21. The molecule has 0 spiro atoms. The molecule has 0 aliphatic carbocycles. The molecule has 4 rings (SSSR count). The van der Waals surface area contributed by atoms with Gasteiger partial charge in [0.15, 0.2) is 5.75 Å². The van der Waals surface area contributed by atoms with E-state index in [0.29, 0.717) is 6.61 Å². The number of nitrogens with zero attached hydrogens (tertiary/aromatic N) is 2. The van der Waals surface area contributed by atoms with E-state index in [1.165, 1.54) is 0 Å². The van der Waals surface area contributed by atoms with Gasteiger partial charge in [0.1, 0.15) is 12.4 Å². The second kappa shape index (κ2) is 4.77. The van der Waals surface area contributed by atoms with Gasteiger partial charge in [-0.2, -0.15) is 0 Å². The number of para-hydroxylation sites is 1. The van der Waals surface area contributed by atoms with Gasteiger partial charge in [-0.1, -0.05) is 22.0 Å². The van der Waals surface area contributed by atoms with Crippen LogP contribution in [-0.2, 0) is 7.05 Å². The average Bonchev–Trinajstić information content (AvgIpc) is 2.83. The minimum atomic E-state index is 0.680. The van der Waals surface area contributed by atoms with Crippen LogP contribution in [0.2, 0.25) is 0 Å². The highest BCUT2D eigenvalue weighted by atomic mass is 79.9. The van der Waals surface area contributed by atoms with Crippen molar-refractivity contribution in [1.29, 1.82) is 0 Å². The summed E-state index contributed by atoms with van der Waals surface area (Å²) in [6.07, 6.45) is 0. The third-order valence-corrected chi connectivity index (χ3v) is 4.26. The van der Waals surface area contributed by atoms with E-state index < -0.39 is 0 Å². The van der Waals surface area contributed by atoms with Crippen molar-refractivity contribution >= 4 is 32.7 Å². The average molecular weight is 344 g/mol. The lowest BCUT2D eigenvalue weighted by Crippen LogP contribution is -2.18. The van der Waals surface area contributed by atoms with Crippen LogP contribution in [0.3, 0.4) is 0 Å². The Balaban J connectivity index is 1.97. The summed E-state index contributed by atoms with van der Waals surface area (Å²) < 4.78 is 9.00. The van der Waals surface area contributed by atoms with Crippen molar-refractivity contribution < 1.29 is 4.74 Å². The van der Waals surface area contributed by atoms with Crippen molar-refractivity contribution in [2.24, 2.45) is 7.05 Å². The van der Waals surface area contributed by atoms with Gasteiger partial charge in [0, 0.05) is 18.1 Å². The Morgan fingerprint density at radius 3 is 3.10 bits per heavy atom. The maximum Gasteiger partial charge on any atom is 0.153 e. The lowest BCUT2D eigenvalue weighted by Gasteiger charge is -2.21. The molecule has 2 aromatic carbocycles. The van der Waals surface area contributed by atoms with Crippen molar-refractivity contribution in [3.05, 3.63) is 40.9 Å². The van der Waals surface area contributed by atoms with Gasteiger partial charge < -0.3 is 14.6 Å². The Kier molecular flexibility index (Phi) is 2.89. The van der Waals surface area contributed by atoms with E-state index in [4.69, 9.17) is 9.72 Å². The van der Waals surface area contributed by atoms with Gasteiger partial charge in [-0.25, -0.2) is 4.98 Å². The molecule has 5 heteroatoms. The molecule has 21 heavy (non-hydrogen) atoms. The fourth-order valence-corrected chi connectivity index (χ4v) is 3.11. The lowest BCUT2D eigenvalue weighted by molar-refractivity contribution is 0.324. The molecule has 2 heterocycles. The molecule has 1 aliphatic rings. The highest BCUT2D eigenvalue weighted by Crippen LogP contribution is 2.38. The summed E-state index contributed by atoms with van der Waals surface area (Å²) in [7, 11) is 2.04. The van der Waals surface area contributed by atoms with Crippen LogP contribution in [0.15, 0.2) is 40.9 Å². The van der Waals surface area contributed by atoms with Gasteiger partial charge in [0.05, 0.1) is 22.3 Å². The smallest absolute Gasteiger partial charge is 0.153 e. The summed E-state index contributed by atoms with van der Waals surface area (Å²) in [6, 6.07) is 12.3. The van der Waals surface area contributed by atoms with Crippen molar-refractivity contribution in [3.8, 4) is 17.1 Å².